The highest BCUT2D eigenvalue weighted by Gasteiger charge is 2.28. The number of sulfonamides is 1. The first-order valence-electron chi connectivity index (χ1n) is 10.1. The molecule has 0 radical (unpaired) electrons. The van der Waals surface area contributed by atoms with E-state index in [0.717, 1.165) is 16.9 Å². The Hall–Kier alpha value is -3.10. The van der Waals surface area contributed by atoms with E-state index in [1.165, 1.54) is 4.31 Å². The first-order valence-corrected chi connectivity index (χ1v) is 11.7. The third-order valence-electron chi connectivity index (χ3n) is 5.05. The van der Waals surface area contributed by atoms with E-state index in [9.17, 15) is 13.2 Å². The van der Waals surface area contributed by atoms with E-state index in [0.29, 0.717) is 44.0 Å². The van der Waals surface area contributed by atoms with Gasteiger partial charge in [-0.25, -0.2) is 8.42 Å². The quantitative estimate of drug-likeness (QED) is 0.579. The summed E-state index contributed by atoms with van der Waals surface area (Å²) in [6, 6.07) is 18.2. The van der Waals surface area contributed by atoms with Crippen LogP contribution in [0.1, 0.15) is 33.7 Å². The highest BCUT2D eigenvalue weighted by atomic mass is 32.2. The van der Waals surface area contributed by atoms with Crippen molar-refractivity contribution >= 4 is 21.6 Å². The van der Waals surface area contributed by atoms with Crippen LogP contribution in [-0.2, 0) is 34.5 Å². The Morgan fingerprint density at radius 3 is 2.55 bits per heavy atom. The van der Waals surface area contributed by atoms with Gasteiger partial charge in [-0.3, -0.25) is 9.10 Å². The number of amides is 1. The number of anilines is 1. The number of carbonyl (C=O) groups is 1. The molecule has 1 amide bonds. The van der Waals surface area contributed by atoms with Gasteiger partial charge in [-0.15, -0.1) is 0 Å². The monoisotopic (exact) mass is 440 g/mol. The van der Waals surface area contributed by atoms with Crippen LogP contribution in [-0.4, -0.2) is 26.6 Å². The Bertz CT molecular complexity index is 1130. The van der Waals surface area contributed by atoms with E-state index in [2.05, 4.69) is 5.32 Å². The molecule has 1 fully saturated rings. The van der Waals surface area contributed by atoms with Crippen molar-refractivity contribution in [1.82, 2.24) is 5.32 Å². The SMILES string of the molecule is O=C(NCc1cccc(COCc2ccco2)c1)c1ccc(N2CCCS2(=O)=O)cc1. The van der Waals surface area contributed by atoms with Crippen molar-refractivity contribution in [2.45, 2.75) is 26.2 Å². The minimum absolute atomic E-state index is 0.169. The average molecular weight is 441 g/mol. The van der Waals surface area contributed by atoms with Gasteiger partial charge in [0.25, 0.3) is 5.91 Å². The molecule has 1 saturated heterocycles. The lowest BCUT2D eigenvalue weighted by molar-refractivity contribution is 0.0928. The maximum atomic E-state index is 12.5. The molecule has 31 heavy (non-hydrogen) atoms. The molecule has 0 spiro atoms. The number of benzene rings is 2. The van der Waals surface area contributed by atoms with Crippen LogP contribution in [0.3, 0.4) is 0 Å². The van der Waals surface area contributed by atoms with Crippen LogP contribution >= 0.6 is 0 Å². The lowest BCUT2D eigenvalue weighted by atomic mass is 10.1. The zero-order valence-corrected chi connectivity index (χ0v) is 17.8. The van der Waals surface area contributed by atoms with Gasteiger partial charge >= 0.3 is 0 Å². The first-order chi connectivity index (χ1) is 15.0. The van der Waals surface area contributed by atoms with E-state index < -0.39 is 10.0 Å². The van der Waals surface area contributed by atoms with Gasteiger partial charge in [-0.1, -0.05) is 24.3 Å². The van der Waals surface area contributed by atoms with E-state index in [-0.39, 0.29) is 11.7 Å². The number of carbonyl (C=O) groups excluding carboxylic acids is 1. The summed E-state index contributed by atoms with van der Waals surface area (Å²) in [7, 11) is -3.23. The van der Waals surface area contributed by atoms with Crippen LogP contribution in [0.25, 0.3) is 0 Å². The molecule has 1 aliphatic rings. The lowest BCUT2D eigenvalue weighted by Gasteiger charge is -2.17. The minimum Gasteiger partial charge on any atom is -0.467 e. The van der Waals surface area contributed by atoms with E-state index in [1.54, 1.807) is 30.5 Å². The van der Waals surface area contributed by atoms with Crippen molar-refractivity contribution in [2.24, 2.45) is 0 Å². The average Bonchev–Trinajstić information content (AvgIpc) is 3.41. The Balaban J connectivity index is 1.30. The molecule has 2 heterocycles. The van der Waals surface area contributed by atoms with Crippen LogP contribution in [0.4, 0.5) is 5.69 Å². The molecular weight excluding hydrogens is 416 g/mol. The van der Waals surface area contributed by atoms with Crippen molar-refractivity contribution < 1.29 is 22.4 Å². The summed E-state index contributed by atoms with van der Waals surface area (Å²) in [5.74, 6) is 0.731. The second kappa shape index (κ2) is 9.36. The van der Waals surface area contributed by atoms with Gasteiger partial charge in [0.05, 0.1) is 24.3 Å². The molecule has 0 saturated carbocycles. The smallest absolute Gasteiger partial charge is 0.251 e. The number of rotatable bonds is 8. The van der Waals surface area contributed by atoms with Crippen LogP contribution in [0.2, 0.25) is 0 Å². The number of nitrogens with zero attached hydrogens (tertiary/aromatic N) is 1. The standard InChI is InChI=1S/C23H24N2O5S/c26-23(20-7-9-21(10-8-20)25-11-3-13-31(25,27)28)24-15-18-4-1-5-19(14-18)16-29-17-22-6-2-12-30-22/h1-2,4-10,12,14H,3,11,13,15-17H2,(H,24,26). The van der Waals surface area contributed by atoms with Crippen LogP contribution in [0.5, 0.6) is 0 Å². The maximum absolute atomic E-state index is 12.5. The number of hydrogen-bond donors (Lipinski definition) is 1. The van der Waals surface area contributed by atoms with Crippen molar-refractivity contribution in [1.29, 1.82) is 0 Å². The summed E-state index contributed by atoms with van der Waals surface area (Å²) in [5, 5.41) is 2.90. The van der Waals surface area contributed by atoms with Gasteiger partial charge in [-0.2, -0.15) is 0 Å². The molecule has 1 aromatic heterocycles. The molecule has 4 rings (SSSR count). The summed E-state index contributed by atoms with van der Waals surface area (Å²) in [5.41, 5.74) is 3.05. The van der Waals surface area contributed by atoms with Crippen molar-refractivity contribution in [2.75, 3.05) is 16.6 Å². The fourth-order valence-corrected chi connectivity index (χ4v) is 5.05. The molecule has 0 bridgehead atoms. The number of furan rings is 1. The Kier molecular flexibility index (Phi) is 6.39. The Morgan fingerprint density at radius 1 is 1.03 bits per heavy atom. The van der Waals surface area contributed by atoms with Crippen LogP contribution in [0, 0.1) is 0 Å². The molecule has 0 atom stereocenters. The van der Waals surface area contributed by atoms with E-state index in [4.69, 9.17) is 9.15 Å². The van der Waals surface area contributed by atoms with E-state index >= 15 is 0 Å². The number of hydrogen-bond acceptors (Lipinski definition) is 5. The summed E-state index contributed by atoms with van der Waals surface area (Å²) < 4.78 is 36.3. The van der Waals surface area contributed by atoms with Gasteiger partial charge in [0.2, 0.25) is 10.0 Å². The molecule has 162 valence electrons. The topological polar surface area (TPSA) is 88.8 Å². The third-order valence-corrected chi connectivity index (χ3v) is 6.92. The van der Waals surface area contributed by atoms with Gasteiger partial charge in [0, 0.05) is 18.7 Å². The van der Waals surface area contributed by atoms with Crippen LogP contribution in [0.15, 0.2) is 71.3 Å². The molecule has 7 nitrogen and oxygen atoms in total. The molecule has 3 aromatic rings. The lowest BCUT2D eigenvalue weighted by Crippen LogP contribution is -2.25. The summed E-state index contributed by atoms with van der Waals surface area (Å²) >= 11 is 0. The van der Waals surface area contributed by atoms with Gasteiger partial charge < -0.3 is 14.5 Å². The Morgan fingerprint density at radius 2 is 1.84 bits per heavy atom. The van der Waals surface area contributed by atoms with Crippen LogP contribution < -0.4 is 9.62 Å². The maximum Gasteiger partial charge on any atom is 0.251 e. The zero-order valence-electron chi connectivity index (χ0n) is 17.0. The van der Waals surface area contributed by atoms with Gasteiger partial charge in [0.1, 0.15) is 12.4 Å². The summed E-state index contributed by atoms with van der Waals surface area (Å²) in [6.07, 6.45) is 2.24. The molecule has 0 unspecified atom stereocenters. The van der Waals surface area contributed by atoms with E-state index in [1.807, 2.05) is 36.4 Å². The highest BCUT2D eigenvalue weighted by molar-refractivity contribution is 7.93. The largest absolute Gasteiger partial charge is 0.467 e. The fraction of sp³-hybridized carbons (Fsp3) is 0.261. The normalized spacial score (nSPS) is 15.2. The van der Waals surface area contributed by atoms with Crippen molar-refractivity contribution in [3.63, 3.8) is 0 Å². The minimum atomic E-state index is -3.23. The molecule has 1 N–H and O–H groups in total. The zero-order chi connectivity index (χ0) is 21.7. The second-order valence-corrected chi connectivity index (χ2v) is 9.38. The van der Waals surface area contributed by atoms with Gasteiger partial charge in [-0.05, 0) is 53.9 Å². The predicted molar refractivity (Wildman–Crippen MR) is 117 cm³/mol. The second-order valence-electron chi connectivity index (χ2n) is 7.36. The highest BCUT2D eigenvalue weighted by Crippen LogP contribution is 2.24. The van der Waals surface area contributed by atoms with Crippen molar-refractivity contribution in [3.8, 4) is 0 Å². The van der Waals surface area contributed by atoms with Crippen molar-refractivity contribution in [3.05, 3.63) is 89.4 Å². The Labute approximate surface area is 181 Å². The first kappa shape index (κ1) is 21.1. The summed E-state index contributed by atoms with van der Waals surface area (Å²) in [4.78, 5) is 12.5. The molecule has 2 aromatic carbocycles. The molecule has 0 aliphatic carbocycles. The summed E-state index contributed by atoms with van der Waals surface area (Å²) in [6.45, 7) is 1.72. The molecule has 8 heteroatoms. The molecular formula is C23H24N2O5S. The molecule has 1 aliphatic heterocycles. The van der Waals surface area contributed by atoms with Gasteiger partial charge in [0.15, 0.2) is 0 Å². The predicted octanol–water partition coefficient (Wildman–Crippen LogP) is 3.47. The third kappa shape index (κ3) is 5.34. The number of nitrogens with one attached hydrogen (secondary N) is 1. The number of ether oxygens (including phenoxy) is 1. The fourth-order valence-electron chi connectivity index (χ4n) is 3.49.